The molecule has 12 nitrogen and oxygen atoms in total. The molecule has 146 heavy (non-hydrogen) atoms. The minimum atomic E-state index is 0.633. The van der Waals surface area contributed by atoms with Crippen LogP contribution in [0.4, 0.5) is 0 Å². The van der Waals surface area contributed by atoms with Crippen LogP contribution in [0.15, 0.2) is 529 Å². The molecule has 12 heteroatoms. The number of aromatic nitrogens is 9. The third-order valence-corrected chi connectivity index (χ3v) is 27.9. The number of fused-ring (bicyclic) bond motifs is 14. The maximum absolute atomic E-state index is 6.38. The second-order valence-electron chi connectivity index (χ2n) is 36.7. The van der Waals surface area contributed by atoms with Gasteiger partial charge in [0, 0.05) is 87.5 Å². The first-order chi connectivity index (χ1) is 72.3. The van der Waals surface area contributed by atoms with Crippen molar-refractivity contribution < 1.29 is 13.3 Å². The van der Waals surface area contributed by atoms with Crippen molar-refractivity contribution in [1.29, 1.82) is 0 Å². The molecule has 9 aromatic heterocycles. The van der Waals surface area contributed by atoms with Crippen LogP contribution < -0.4 is 0 Å². The lowest BCUT2D eigenvalue weighted by atomic mass is 9.97. The molecule has 0 unspecified atom stereocenters. The first kappa shape index (κ1) is 85.4. The SMILES string of the molecule is c1ccc(-c2ccc(-c3cc(-c4cc5ccccc5o4)nc(-c4ccc(-n5c6ccccc6c6ccccc65)cc4)n3)cc2)cc1.c1ccc(-c2ccc3cc(-c4cc(-c5cc6ccccc6o5)nc(-c5ccccc5-n5c6ccccc6c6ccccc65)n4)ccc3c2)cc1.c1ccc(-n2c3ccccc3c3ccccc32)c(-c2nc(-c3ccc(-c4cccc5ccccc45)cc3)cc(-c3cc4ccccc4o3)n2)c1. The van der Waals surface area contributed by atoms with Crippen molar-refractivity contribution in [3.05, 3.63) is 516 Å². The van der Waals surface area contributed by atoms with E-state index in [9.17, 15) is 0 Å². The fourth-order valence-corrected chi connectivity index (χ4v) is 20.9. The van der Waals surface area contributed by atoms with Gasteiger partial charge in [0.15, 0.2) is 34.8 Å². The monoisotopic (exact) mass is 1870 g/mol. The van der Waals surface area contributed by atoms with Gasteiger partial charge in [-0.1, -0.05) is 364 Å². The van der Waals surface area contributed by atoms with Crippen molar-refractivity contribution in [2.45, 2.75) is 0 Å². The lowest BCUT2D eigenvalue weighted by Crippen LogP contribution is -2.01. The number of nitrogens with zero attached hydrogens (tertiary/aromatic N) is 9. The highest BCUT2D eigenvalue weighted by atomic mass is 16.3. The van der Waals surface area contributed by atoms with Crippen LogP contribution in [0.1, 0.15) is 0 Å². The fraction of sp³-hybridized carbons (Fsp3) is 0. The van der Waals surface area contributed by atoms with Crippen LogP contribution in [0.2, 0.25) is 0 Å². The Morgan fingerprint density at radius 3 is 0.877 bits per heavy atom. The summed E-state index contributed by atoms with van der Waals surface area (Å²) in [4.78, 5) is 31.1. The zero-order chi connectivity index (χ0) is 96.5. The summed E-state index contributed by atoms with van der Waals surface area (Å²) in [5.41, 5.74) is 30.2. The molecule has 9 heterocycles. The number of furan rings is 3. The number of rotatable bonds is 15. The Bertz CT molecular complexity index is 9830. The summed E-state index contributed by atoms with van der Waals surface area (Å²) < 4.78 is 26.0. The molecule has 0 radical (unpaired) electrons. The maximum Gasteiger partial charge on any atom is 0.162 e. The van der Waals surface area contributed by atoms with E-state index in [1.165, 1.54) is 81.8 Å². The molecular weight excluding hydrogens is 1780 g/mol. The average Bonchev–Trinajstić information content (AvgIpc) is 1.59. The topological polar surface area (TPSA) is 132 Å². The van der Waals surface area contributed by atoms with E-state index in [1.807, 2.05) is 84.9 Å². The zero-order valence-corrected chi connectivity index (χ0v) is 78.8. The van der Waals surface area contributed by atoms with Crippen molar-refractivity contribution >= 4 is 120 Å². The number of hydrogen-bond acceptors (Lipinski definition) is 9. The molecule has 0 aliphatic heterocycles. The van der Waals surface area contributed by atoms with Gasteiger partial charge in [0.2, 0.25) is 0 Å². The minimum Gasteiger partial charge on any atom is -0.454 e. The van der Waals surface area contributed by atoms with Crippen molar-refractivity contribution in [2.75, 3.05) is 0 Å². The van der Waals surface area contributed by atoms with Crippen molar-refractivity contribution in [1.82, 2.24) is 43.6 Å². The van der Waals surface area contributed by atoms with E-state index >= 15 is 0 Å². The van der Waals surface area contributed by atoms with Crippen molar-refractivity contribution in [3.8, 4) is 153 Å². The van der Waals surface area contributed by atoms with E-state index in [2.05, 4.69) is 444 Å². The molecule has 0 N–H and O–H groups in total. The van der Waals surface area contributed by atoms with Crippen LogP contribution in [-0.4, -0.2) is 43.6 Å². The molecule has 0 fully saturated rings. The van der Waals surface area contributed by atoms with Crippen molar-refractivity contribution in [3.63, 3.8) is 0 Å². The van der Waals surface area contributed by atoms with E-state index < -0.39 is 0 Å². The Morgan fingerprint density at radius 2 is 0.438 bits per heavy atom. The molecule has 0 atom stereocenters. The Labute approximate surface area is 839 Å². The number of hydrogen-bond donors (Lipinski definition) is 0. The van der Waals surface area contributed by atoms with Crippen LogP contribution in [0.25, 0.3) is 273 Å². The summed E-state index contributed by atoms with van der Waals surface area (Å²) in [7, 11) is 0. The Morgan fingerprint density at radius 1 is 0.151 bits per heavy atom. The van der Waals surface area contributed by atoms with Gasteiger partial charge in [-0.3, -0.25) is 0 Å². The highest BCUT2D eigenvalue weighted by Gasteiger charge is 2.26. The Hall–Kier alpha value is -19.8. The van der Waals surface area contributed by atoms with E-state index in [-0.39, 0.29) is 0 Å². The molecule has 29 aromatic rings. The lowest BCUT2D eigenvalue weighted by molar-refractivity contribution is 0.628. The molecule has 0 aliphatic rings. The van der Waals surface area contributed by atoms with E-state index in [0.717, 1.165) is 156 Å². The first-order valence-electron chi connectivity index (χ1n) is 49.1. The summed E-state index contributed by atoms with van der Waals surface area (Å²) in [6.45, 7) is 0. The van der Waals surface area contributed by atoms with Gasteiger partial charge in [0.05, 0.1) is 61.6 Å². The largest absolute Gasteiger partial charge is 0.454 e. The van der Waals surface area contributed by atoms with Gasteiger partial charge in [0.1, 0.15) is 33.8 Å². The summed E-state index contributed by atoms with van der Waals surface area (Å²) in [5, 5.41) is 15.2. The molecule has 0 saturated carbocycles. The standard InChI is InChI=1S/2C46H29N3O.C42H27N3O/c1-3-15-34-30(12-1)14-11-19-35(34)31-24-26-32(27-25-31)39-29-40(45-28-33-13-2-10-23-44(33)50-45)48-46(47-39)38-18-6-9-22-43(38)49-41-20-7-4-16-36(41)37-17-5-8-21-42(37)49;1-2-12-30(13-3-1)31-22-23-33-27-34(25-24-32(33)26-31)39-29-40(45-28-35-14-4-11-21-44(35)50-45)48-46(47-39)38-17-7-10-20-43(38)49-41-18-8-5-15-36(41)37-16-6-9-19-42(37)49;1-2-10-28(11-3-1)29-18-20-30(21-19-29)36-27-37(41-26-32-12-4-9-17-40(32)46-41)44-42(43-36)31-22-24-33(25-23-31)45-38-15-7-5-13-34(38)35-14-6-8-16-39(35)45/h2*1-29H;1-27H. The third-order valence-electron chi connectivity index (χ3n) is 27.9. The Balaban J connectivity index is 0.000000109. The lowest BCUT2D eigenvalue weighted by Gasteiger charge is -2.14. The number of para-hydroxylation sites is 11. The molecule has 20 aromatic carbocycles. The van der Waals surface area contributed by atoms with Crippen LogP contribution in [0, 0.1) is 0 Å². The number of benzene rings is 20. The minimum absolute atomic E-state index is 0.633. The predicted molar refractivity (Wildman–Crippen MR) is 599 cm³/mol. The van der Waals surface area contributed by atoms with E-state index in [1.54, 1.807) is 0 Å². The highest BCUT2D eigenvalue weighted by Crippen LogP contribution is 2.45. The van der Waals surface area contributed by atoms with E-state index in [4.69, 9.17) is 43.2 Å². The van der Waals surface area contributed by atoms with Gasteiger partial charge in [-0.15, -0.1) is 0 Å². The first-order valence-corrected chi connectivity index (χ1v) is 49.1. The average molecular weight is 1870 g/mol. The normalized spacial score (nSPS) is 11.6. The van der Waals surface area contributed by atoms with Crippen molar-refractivity contribution in [2.24, 2.45) is 0 Å². The summed E-state index contributed by atoms with van der Waals surface area (Å²) in [5.74, 6) is 4.04. The zero-order valence-electron chi connectivity index (χ0n) is 78.8. The molecule has 0 aliphatic carbocycles. The fourth-order valence-electron chi connectivity index (χ4n) is 20.9. The Kier molecular flexibility index (Phi) is 21.3. The van der Waals surface area contributed by atoms with Crippen LogP contribution in [-0.2, 0) is 0 Å². The van der Waals surface area contributed by atoms with Gasteiger partial charge in [0.25, 0.3) is 0 Å². The van der Waals surface area contributed by atoms with E-state index in [0.29, 0.717) is 34.8 Å². The summed E-state index contributed by atoms with van der Waals surface area (Å²) >= 11 is 0. The smallest absolute Gasteiger partial charge is 0.162 e. The molecule has 0 spiro atoms. The van der Waals surface area contributed by atoms with Gasteiger partial charge in [-0.25, -0.2) is 29.9 Å². The molecular formula is C134H85N9O3. The summed E-state index contributed by atoms with van der Waals surface area (Å²) in [6.07, 6.45) is 0. The van der Waals surface area contributed by atoms with Crippen LogP contribution in [0.3, 0.4) is 0 Å². The van der Waals surface area contributed by atoms with Crippen LogP contribution in [0.5, 0.6) is 0 Å². The molecule has 684 valence electrons. The van der Waals surface area contributed by atoms with Gasteiger partial charge < -0.3 is 27.0 Å². The summed E-state index contributed by atoms with van der Waals surface area (Å²) in [6, 6.07) is 180. The molecule has 0 amide bonds. The van der Waals surface area contributed by atoms with Gasteiger partial charge in [-0.2, -0.15) is 0 Å². The molecule has 29 rings (SSSR count). The van der Waals surface area contributed by atoms with Gasteiger partial charge in [-0.05, 0) is 207 Å². The second kappa shape index (κ2) is 36.4. The van der Waals surface area contributed by atoms with Gasteiger partial charge >= 0.3 is 0 Å². The predicted octanol–water partition coefficient (Wildman–Crippen LogP) is 35.3. The third kappa shape index (κ3) is 15.7. The second-order valence-corrected chi connectivity index (χ2v) is 36.7. The maximum atomic E-state index is 6.38. The van der Waals surface area contributed by atoms with Crippen LogP contribution >= 0.6 is 0 Å². The molecule has 0 bridgehead atoms. The molecule has 0 saturated heterocycles. The quantitative estimate of drug-likeness (QED) is 0.0984. The highest BCUT2D eigenvalue weighted by molar-refractivity contribution is 6.13.